The molecule has 0 fully saturated rings. The second-order valence-corrected chi connectivity index (χ2v) is 6.05. The maximum atomic E-state index is 12.3. The first-order chi connectivity index (χ1) is 10.4. The zero-order valence-corrected chi connectivity index (χ0v) is 13.9. The minimum Gasteiger partial charge on any atom is -0.352 e. The van der Waals surface area contributed by atoms with Gasteiger partial charge in [-0.2, -0.15) is 0 Å². The Balaban J connectivity index is 2.23. The van der Waals surface area contributed by atoms with Gasteiger partial charge in [0.15, 0.2) is 0 Å². The summed E-state index contributed by atoms with van der Waals surface area (Å²) in [5.41, 5.74) is 9.31. The highest BCUT2D eigenvalue weighted by molar-refractivity contribution is 6.30. The molecule has 0 aliphatic rings. The summed E-state index contributed by atoms with van der Waals surface area (Å²) in [5.74, 6) is -0.0611. The second-order valence-electron chi connectivity index (χ2n) is 5.62. The van der Waals surface area contributed by atoms with E-state index in [0.29, 0.717) is 17.1 Å². The Hall–Kier alpha value is -1.78. The van der Waals surface area contributed by atoms with Gasteiger partial charge >= 0.3 is 0 Å². The van der Waals surface area contributed by atoms with E-state index in [1.165, 1.54) is 0 Å². The number of benzene rings is 1. The van der Waals surface area contributed by atoms with Crippen molar-refractivity contribution in [2.45, 2.75) is 33.2 Å². The first-order valence-electron chi connectivity index (χ1n) is 7.39. The number of amides is 1. The third-order valence-corrected chi connectivity index (χ3v) is 3.90. The van der Waals surface area contributed by atoms with Gasteiger partial charge in [-0.1, -0.05) is 11.6 Å². The number of halogens is 1. The molecule has 0 bridgehead atoms. The molecule has 1 amide bonds. The zero-order valence-electron chi connectivity index (χ0n) is 13.2. The van der Waals surface area contributed by atoms with Crippen molar-refractivity contribution in [2.24, 2.45) is 5.73 Å². The molecule has 0 saturated heterocycles. The summed E-state index contributed by atoms with van der Waals surface area (Å²) < 4.78 is 2.05. The first-order valence-corrected chi connectivity index (χ1v) is 7.76. The van der Waals surface area contributed by atoms with E-state index in [9.17, 15) is 4.79 Å². The van der Waals surface area contributed by atoms with Gasteiger partial charge in [0.05, 0.1) is 5.56 Å². The van der Waals surface area contributed by atoms with Gasteiger partial charge in [0.1, 0.15) is 0 Å². The Labute approximate surface area is 136 Å². The number of carbonyl (C=O) groups excluding carboxylic acids is 1. The number of hydrogen-bond acceptors (Lipinski definition) is 2. The van der Waals surface area contributed by atoms with Crippen molar-refractivity contribution in [3.05, 3.63) is 52.3 Å². The van der Waals surface area contributed by atoms with Crippen LogP contribution in [0.1, 0.15) is 35.1 Å². The molecule has 22 heavy (non-hydrogen) atoms. The summed E-state index contributed by atoms with van der Waals surface area (Å²) >= 11 is 5.93. The van der Waals surface area contributed by atoms with Crippen LogP contribution in [0, 0.1) is 13.8 Å². The predicted molar refractivity (Wildman–Crippen MR) is 90.9 cm³/mol. The fourth-order valence-electron chi connectivity index (χ4n) is 2.49. The third kappa shape index (κ3) is 3.70. The summed E-state index contributed by atoms with van der Waals surface area (Å²) in [7, 11) is 0. The van der Waals surface area contributed by atoms with Crippen molar-refractivity contribution >= 4 is 17.5 Å². The fourth-order valence-corrected chi connectivity index (χ4v) is 2.61. The third-order valence-electron chi connectivity index (χ3n) is 3.65. The molecule has 5 heteroatoms. The van der Waals surface area contributed by atoms with Gasteiger partial charge in [0.25, 0.3) is 5.91 Å². The van der Waals surface area contributed by atoms with Crippen LogP contribution in [0.3, 0.4) is 0 Å². The predicted octanol–water partition coefficient (Wildman–Crippen LogP) is 3.21. The highest BCUT2D eigenvalue weighted by atomic mass is 35.5. The summed E-state index contributed by atoms with van der Waals surface area (Å²) in [6.07, 6.45) is 0.766. The number of aromatic nitrogens is 1. The average molecular weight is 320 g/mol. The van der Waals surface area contributed by atoms with Crippen molar-refractivity contribution in [1.82, 2.24) is 9.88 Å². The van der Waals surface area contributed by atoms with Gasteiger partial charge in [0.2, 0.25) is 0 Å². The largest absolute Gasteiger partial charge is 0.352 e. The van der Waals surface area contributed by atoms with E-state index >= 15 is 0 Å². The van der Waals surface area contributed by atoms with Crippen molar-refractivity contribution in [3.8, 4) is 5.69 Å². The van der Waals surface area contributed by atoms with Crippen LogP contribution in [0.4, 0.5) is 0 Å². The van der Waals surface area contributed by atoms with E-state index in [1.807, 2.05) is 51.1 Å². The van der Waals surface area contributed by atoms with Crippen LogP contribution >= 0.6 is 11.6 Å². The van der Waals surface area contributed by atoms with Gasteiger partial charge < -0.3 is 15.6 Å². The lowest BCUT2D eigenvalue weighted by molar-refractivity contribution is 0.0952. The van der Waals surface area contributed by atoms with Crippen LogP contribution in [-0.4, -0.2) is 23.1 Å². The van der Waals surface area contributed by atoms with Crippen LogP contribution in [0.15, 0.2) is 30.3 Å². The Morgan fingerprint density at radius 2 is 1.95 bits per heavy atom. The topological polar surface area (TPSA) is 60.1 Å². The van der Waals surface area contributed by atoms with Gasteiger partial charge in [-0.3, -0.25) is 4.79 Å². The summed E-state index contributed by atoms with van der Waals surface area (Å²) in [4.78, 5) is 12.3. The number of aryl methyl sites for hydroxylation is 1. The molecule has 1 atom stereocenters. The van der Waals surface area contributed by atoms with Crippen molar-refractivity contribution in [1.29, 1.82) is 0 Å². The quantitative estimate of drug-likeness (QED) is 0.889. The average Bonchev–Trinajstić information content (AvgIpc) is 2.75. The summed E-state index contributed by atoms with van der Waals surface area (Å²) in [6.45, 7) is 6.45. The molecule has 3 N–H and O–H groups in total. The van der Waals surface area contributed by atoms with E-state index in [0.717, 1.165) is 23.5 Å². The van der Waals surface area contributed by atoms with E-state index in [1.54, 1.807) is 0 Å². The Morgan fingerprint density at radius 3 is 2.55 bits per heavy atom. The molecule has 4 nitrogen and oxygen atoms in total. The van der Waals surface area contributed by atoms with Gasteiger partial charge in [-0.05, 0) is 57.5 Å². The zero-order chi connectivity index (χ0) is 16.3. The smallest absolute Gasteiger partial charge is 0.253 e. The standard InChI is InChI=1S/C17H22ClN3O/c1-11(19)8-9-20-17(22)16-10-12(2)21(13(16)3)15-6-4-14(18)5-7-15/h4-7,10-11H,8-9,19H2,1-3H3,(H,20,22). The molecule has 0 saturated carbocycles. The van der Waals surface area contributed by atoms with Crippen molar-refractivity contribution < 1.29 is 4.79 Å². The molecular weight excluding hydrogens is 298 g/mol. The highest BCUT2D eigenvalue weighted by Gasteiger charge is 2.16. The number of nitrogens with one attached hydrogen (secondary N) is 1. The Morgan fingerprint density at radius 1 is 1.32 bits per heavy atom. The molecule has 2 aromatic rings. The normalized spacial score (nSPS) is 12.2. The van der Waals surface area contributed by atoms with Crippen LogP contribution in [-0.2, 0) is 0 Å². The molecular formula is C17H22ClN3O. The molecule has 1 unspecified atom stereocenters. The maximum Gasteiger partial charge on any atom is 0.253 e. The van der Waals surface area contributed by atoms with Crippen LogP contribution in [0.25, 0.3) is 5.69 Å². The number of nitrogens with zero attached hydrogens (tertiary/aromatic N) is 1. The lowest BCUT2D eigenvalue weighted by Gasteiger charge is -2.10. The minimum atomic E-state index is -0.0611. The van der Waals surface area contributed by atoms with Gasteiger partial charge in [-0.15, -0.1) is 0 Å². The monoisotopic (exact) mass is 319 g/mol. The highest BCUT2D eigenvalue weighted by Crippen LogP contribution is 2.22. The second kappa shape index (κ2) is 6.99. The molecule has 1 aromatic heterocycles. The van der Waals surface area contributed by atoms with Crippen molar-refractivity contribution in [3.63, 3.8) is 0 Å². The summed E-state index contributed by atoms with van der Waals surface area (Å²) in [6, 6.07) is 9.57. The van der Waals surface area contributed by atoms with E-state index in [-0.39, 0.29) is 11.9 Å². The van der Waals surface area contributed by atoms with Crippen LogP contribution in [0.5, 0.6) is 0 Å². The maximum absolute atomic E-state index is 12.3. The van der Waals surface area contributed by atoms with Gasteiger partial charge in [-0.25, -0.2) is 0 Å². The Kier molecular flexibility index (Phi) is 5.27. The molecule has 118 valence electrons. The Bertz CT molecular complexity index is 659. The number of nitrogens with two attached hydrogens (primary N) is 1. The number of hydrogen-bond donors (Lipinski definition) is 2. The lowest BCUT2D eigenvalue weighted by atomic mass is 10.2. The van der Waals surface area contributed by atoms with E-state index in [4.69, 9.17) is 17.3 Å². The first kappa shape index (κ1) is 16.6. The fraction of sp³-hybridized carbons (Fsp3) is 0.353. The summed E-state index contributed by atoms with van der Waals surface area (Å²) in [5, 5.41) is 3.61. The SMILES string of the molecule is Cc1cc(C(=O)NCCC(C)N)c(C)n1-c1ccc(Cl)cc1. The van der Waals surface area contributed by atoms with Crippen LogP contribution in [0.2, 0.25) is 5.02 Å². The molecule has 0 aliphatic carbocycles. The molecule has 1 heterocycles. The lowest BCUT2D eigenvalue weighted by Crippen LogP contribution is -2.29. The van der Waals surface area contributed by atoms with Crippen LogP contribution < -0.4 is 11.1 Å². The number of rotatable bonds is 5. The van der Waals surface area contributed by atoms with E-state index in [2.05, 4.69) is 9.88 Å². The molecule has 0 radical (unpaired) electrons. The number of carbonyl (C=O) groups is 1. The van der Waals surface area contributed by atoms with Gasteiger partial charge in [0, 0.05) is 34.7 Å². The molecule has 0 spiro atoms. The van der Waals surface area contributed by atoms with E-state index < -0.39 is 0 Å². The van der Waals surface area contributed by atoms with Crippen molar-refractivity contribution in [2.75, 3.05) is 6.54 Å². The molecule has 2 rings (SSSR count). The molecule has 1 aromatic carbocycles. The molecule has 0 aliphatic heterocycles. The minimum absolute atomic E-state index is 0.0611.